The lowest BCUT2D eigenvalue weighted by Gasteiger charge is -2.30. The highest BCUT2D eigenvalue weighted by Crippen LogP contribution is 2.43. The minimum atomic E-state index is -0.525. The summed E-state index contributed by atoms with van der Waals surface area (Å²) in [5.41, 5.74) is 1.50. The second kappa shape index (κ2) is 4.14. The highest BCUT2D eigenvalue weighted by atomic mass is 32.1. The van der Waals surface area contributed by atoms with E-state index in [0.717, 1.165) is 29.2 Å². The molecule has 1 unspecified atom stereocenters. The minimum absolute atomic E-state index is 0.00153. The normalized spacial score (nSPS) is 34.0. The third-order valence-corrected chi connectivity index (χ3v) is 4.70. The van der Waals surface area contributed by atoms with Gasteiger partial charge in [-0.3, -0.25) is 0 Å². The van der Waals surface area contributed by atoms with E-state index >= 15 is 0 Å². The molecule has 0 aromatic rings. The first kappa shape index (κ1) is 14.2. The van der Waals surface area contributed by atoms with Crippen LogP contribution in [0.4, 0.5) is 0 Å². The fourth-order valence-corrected chi connectivity index (χ4v) is 3.10. The summed E-state index contributed by atoms with van der Waals surface area (Å²) in [5, 5.41) is 12.8. The summed E-state index contributed by atoms with van der Waals surface area (Å²) >= 11 is 5.21. The smallest absolute Gasteiger partial charge is 0.127 e. The predicted octanol–water partition coefficient (Wildman–Crippen LogP) is 3.37. The van der Waals surface area contributed by atoms with Crippen LogP contribution in [-0.2, 0) is 0 Å². The monoisotopic (exact) mass is 275 g/mol. The van der Waals surface area contributed by atoms with E-state index in [1.165, 1.54) is 0 Å². The maximum absolute atomic E-state index is 9.39. The van der Waals surface area contributed by atoms with E-state index in [9.17, 15) is 5.26 Å². The van der Waals surface area contributed by atoms with Crippen molar-refractivity contribution in [2.75, 3.05) is 0 Å². The Balaban J connectivity index is 2.32. The van der Waals surface area contributed by atoms with E-state index in [1.807, 2.05) is 6.92 Å². The molecule has 0 radical (unpaired) electrons. The Labute approximate surface area is 120 Å². The first-order valence-corrected chi connectivity index (χ1v) is 7.02. The number of hydrogen-bond donors (Lipinski definition) is 1. The van der Waals surface area contributed by atoms with Crippen LogP contribution in [0.3, 0.4) is 0 Å². The molecular weight excluding hydrogens is 254 g/mol. The summed E-state index contributed by atoms with van der Waals surface area (Å²) in [6.45, 7) is 10.5. The Morgan fingerprint density at radius 3 is 2.32 bits per heavy atom. The van der Waals surface area contributed by atoms with Crippen molar-refractivity contribution in [1.29, 1.82) is 5.26 Å². The van der Waals surface area contributed by atoms with Gasteiger partial charge in [0.1, 0.15) is 10.5 Å². The number of nitriles is 1. The van der Waals surface area contributed by atoms with Crippen LogP contribution >= 0.6 is 12.2 Å². The van der Waals surface area contributed by atoms with Gasteiger partial charge >= 0.3 is 0 Å². The SMILES string of the molecule is CC1(C)CC(=S)N=C1/C=C1/CC(C)(C)C(C)(C#N)N1. The van der Waals surface area contributed by atoms with Crippen molar-refractivity contribution in [3.8, 4) is 6.07 Å². The van der Waals surface area contributed by atoms with Crippen LogP contribution in [0.25, 0.3) is 0 Å². The van der Waals surface area contributed by atoms with Crippen molar-refractivity contribution in [2.24, 2.45) is 15.8 Å². The van der Waals surface area contributed by atoms with Crippen LogP contribution in [0, 0.1) is 22.2 Å². The summed E-state index contributed by atoms with van der Waals surface area (Å²) < 4.78 is 0. The van der Waals surface area contributed by atoms with Crippen molar-refractivity contribution in [2.45, 2.75) is 53.0 Å². The molecule has 2 aliphatic heterocycles. The summed E-state index contributed by atoms with van der Waals surface area (Å²) in [7, 11) is 0. The number of allylic oxidation sites excluding steroid dienone is 2. The van der Waals surface area contributed by atoms with Gasteiger partial charge in [-0.2, -0.15) is 5.26 Å². The standard InChI is InChI=1S/C15H21N3S/c1-13(2)8-12(19)17-11(13)6-10-7-14(3,4)15(5,9-16)18-10/h6,18H,7-8H2,1-5H3/b10-6-. The van der Waals surface area contributed by atoms with Crippen LogP contribution in [0.1, 0.15) is 47.5 Å². The quantitative estimate of drug-likeness (QED) is 0.746. The average molecular weight is 275 g/mol. The lowest BCUT2D eigenvalue weighted by atomic mass is 9.75. The fourth-order valence-electron chi connectivity index (χ4n) is 2.64. The van der Waals surface area contributed by atoms with Gasteiger partial charge in [-0.25, -0.2) is 4.99 Å². The van der Waals surface area contributed by atoms with E-state index in [1.54, 1.807) is 0 Å². The maximum Gasteiger partial charge on any atom is 0.127 e. The Morgan fingerprint density at radius 2 is 1.89 bits per heavy atom. The van der Waals surface area contributed by atoms with Crippen molar-refractivity contribution < 1.29 is 0 Å². The molecule has 19 heavy (non-hydrogen) atoms. The molecule has 0 aliphatic carbocycles. The van der Waals surface area contributed by atoms with Gasteiger partial charge in [-0.15, -0.1) is 0 Å². The van der Waals surface area contributed by atoms with Gasteiger partial charge in [0.2, 0.25) is 0 Å². The third-order valence-electron chi connectivity index (χ3n) is 4.46. The van der Waals surface area contributed by atoms with E-state index in [0.29, 0.717) is 0 Å². The molecule has 102 valence electrons. The maximum atomic E-state index is 9.39. The first-order valence-electron chi connectivity index (χ1n) is 6.62. The summed E-state index contributed by atoms with van der Waals surface area (Å²) in [6, 6.07) is 2.40. The largest absolute Gasteiger partial charge is 0.370 e. The lowest BCUT2D eigenvalue weighted by Crippen LogP contribution is -2.44. The number of thiocarbonyl (C=S) groups is 1. The van der Waals surface area contributed by atoms with Crippen molar-refractivity contribution in [3.05, 3.63) is 11.8 Å². The van der Waals surface area contributed by atoms with Gasteiger partial charge in [-0.1, -0.05) is 39.9 Å². The zero-order valence-corrected chi connectivity index (χ0v) is 13.1. The molecule has 0 saturated carbocycles. The van der Waals surface area contributed by atoms with Crippen LogP contribution < -0.4 is 5.32 Å². The molecule has 1 saturated heterocycles. The molecular formula is C15H21N3S. The molecule has 2 aliphatic rings. The topological polar surface area (TPSA) is 48.2 Å². The van der Waals surface area contributed by atoms with Gasteiger partial charge < -0.3 is 5.32 Å². The third kappa shape index (κ3) is 2.32. The van der Waals surface area contributed by atoms with Crippen LogP contribution in [0.2, 0.25) is 0 Å². The second-order valence-corrected chi connectivity index (χ2v) is 7.51. The van der Waals surface area contributed by atoms with Crippen LogP contribution in [0.5, 0.6) is 0 Å². The molecule has 1 N–H and O–H groups in total. The first-order chi connectivity index (χ1) is 8.60. The summed E-state index contributed by atoms with van der Waals surface area (Å²) in [5.74, 6) is 0. The minimum Gasteiger partial charge on any atom is -0.370 e. The van der Waals surface area contributed by atoms with Gasteiger partial charge in [-0.05, 0) is 19.4 Å². The average Bonchev–Trinajstić information content (AvgIpc) is 2.62. The van der Waals surface area contributed by atoms with Gasteiger partial charge in [0, 0.05) is 28.7 Å². The number of aliphatic imine (C=N–C) groups is 1. The summed E-state index contributed by atoms with van der Waals surface area (Å²) in [4.78, 5) is 5.25. The Hall–Kier alpha value is -1.21. The molecule has 3 nitrogen and oxygen atoms in total. The van der Waals surface area contributed by atoms with E-state index in [2.05, 4.69) is 50.1 Å². The summed E-state index contributed by atoms with van der Waals surface area (Å²) in [6.07, 6.45) is 3.78. The van der Waals surface area contributed by atoms with Crippen molar-refractivity contribution >= 4 is 22.9 Å². The highest BCUT2D eigenvalue weighted by molar-refractivity contribution is 7.80. The molecule has 0 bridgehead atoms. The van der Waals surface area contributed by atoms with Crippen LogP contribution in [-0.4, -0.2) is 16.2 Å². The Morgan fingerprint density at radius 1 is 1.26 bits per heavy atom. The molecule has 2 rings (SSSR count). The molecule has 1 atom stereocenters. The number of hydrogen-bond acceptors (Lipinski definition) is 3. The van der Waals surface area contributed by atoms with Crippen molar-refractivity contribution in [1.82, 2.24) is 5.32 Å². The van der Waals surface area contributed by atoms with E-state index < -0.39 is 5.54 Å². The molecule has 2 heterocycles. The zero-order chi connectivity index (χ0) is 14.5. The highest BCUT2D eigenvalue weighted by Gasteiger charge is 2.48. The zero-order valence-electron chi connectivity index (χ0n) is 12.3. The predicted molar refractivity (Wildman–Crippen MR) is 82.1 cm³/mol. The molecule has 0 aromatic carbocycles. The van der Waals surface area contributed by atoms with Gasteiger partial charge in [0.15, 0.2) is 0 Å². The second-order valence-electron chi connectivity index (χ2n) is 7.04. The molecule has 0 aromatic heterocycles. The Bertz CT molecular complexity index is 534. The Kier molecular flexibility index (Phi) is 3.10. The molecule has 0 spiro atoms. The lowest BCUT2D eigenvalue weighted by molar-refractivity contribution is 0.264. The molecule has 0 amide bonds. The van der Waals surface area contributed by atoms with Gasteiger partial charge in [0.25, 0.3) is 0 Å². The number of rotatable bonds is 1. The fraction of sp³-hybridized carbons (Fsp3) is 0.667. The van der Waals surface area contributed by atoms with Crippen molar-refractivity contribution in [3.63, 3.8) is 0 Å². The van der Waals surface area contributed by atoms with E-state index in [4.69, 9.17) is 12.2 Å². The molecule has 4 heteroatoms. The number of nitrogens with one attached hydrogen (secondary N) is 1. The van der Waals surface area contributed by atoms with Crippen LogP contribution in [0.15, 0.2) is 16.8 Å². The molecule has 1 fully saturated rings. The van der Waals surface area contributed by atoms with Gasteiger partial charge in [0.05, 0.1) is 6.07 Å². The number of nitrogens with zero attached hydrogens (tertiary/aromatic N) is 2. The van der Waals surface area contributed by atoms with E-state index in [-0.39, 0.29) is 10.8 Å².